The molecule has 3 nitrogen and oxygen atoms in total. The van der Waals surface area contributed by atoms with Crippen molar-refractivity contribution < 1.29 is 0 Å². The lowest BCUT2D eigenvalue weighted by Crippen LogP contribution is -2.19. The number of rotatable bonds is 8. The summed E-state index contributed by atoms with van der Waals surface area (Å²) in [5, 5.41) is 7.77. The average molecular weight is 227 g/mol. The molecule has 1 N–H and O–H groups in total. The topological polar surface area (TPSA) is 29.9 Å². The molecule has 0 aliphatic heterocycles. The third kappa shape index (κ3) is 5.85. The molecule has 0 spiro atoms. The lowest BCUT2D eigenvalue weighted by Gasteiger charge is -2.02. The Kier molecular flexibility index (Phi) is 6.52. The van der Waals surface area contributed by atoms with E-state index in [0.717, 1.165) is 19.5 Å². The van der Waals surface area contributed by atoms with Gasteiger partial charge in [0.25, 0.3) is 0 Å². The smallest absolute Gasteiger partial charge is 0.0637 e. The first-order valence-corrected chi connectivity index (χ1v) is 6.75. The van der Waals surface area contributed by atoms with Gasteiger partial charge in [-0.15, -0.1) is 0 Å². The maximum atomic E-state index is 4.33. The Bertz CT molecular complexity index is 260. The molecule has 1 aromatic rings. The Labute approximate surface area is 96.6 Å². The van der Waals surface area contributed by atoms with Gasteiger partial charge in [0.1, 0.15) is 0 Å². The largest absolute Gasteiger partial charge is 0.316 e. The second kappa shape index (κ2) is 7.77. The number of aryl methyl sites for hydroxylation is 1. The number of hydrogen-bond acceptors (Lipinski definition) is 3. The molecule has 4 heteroatoms. The van der Waals surface area contributed by atoms with Crippen molar-refractivity contribution in [3.8, 4) is 0 Å². The van der Waals surface area contributed by atoms with Crippen LogP contribution in [0.2, 0.25) is 0 Å². The number of hydrogen-bond donors (Lipinski definition) is 1. The number of nitrogens with zero attached hydrogens (tertiary/aromatic N) is 2. The molecule has 0 bridgehead atoms. The molecule has 0 fully saturated rings. The number of aromatic nitrogens is 2. The van der Waals surface area contributed by atoms with Crippen molar-refractivity contribution in [3.63, 3.8) is 0 Å². The van der Waals surface area contributed by atoms with E-state index >= 15 is 0 Å². The van der Waals surface area contributed by atoms with Crippen molar-refractivity contribution in [1.29, 1.82) is 0 Å². The van der Waals surface area contributed by atoms with E-state index in [0.29, 0.717) is 0 Å². The summed E-state index contributed by atoms with van der Waals surface area (Å²) in [5.74, 6) is 2.50. The third-order valence-electron chi connectivity index (χ3n) is 2.17. The van der Waals surface area contributed by atoms with E-state index < -0.39 is 0 Å². The van der Waals surface area contributed by atoms with Crippen LogP contribution in [0.5, 0.6) is 0 Å². The maximum Gasteiger partial charge on any atom is 0.0637 e. The normalized spacial score (nSPS) is 10.8. The van der Waals surface area contributed by atoms with Gasteiger partial charge < -0.3 is 5.32 Å². The fourth-order valence-corrected chi connectivity index (χ4v) is 2.02. The molecule has 0 saturated carbocycles. The Hall–Kier alpha value is -0.480. The first-order chi connectivity index (χ1) is 7.33. The van der Waals surface area contributed by atoms with E-state index in [1.165, 1.54) is 23.6 Å². The molecule has 0 aromatic carbocycles. The van der Waals surface area contributed by atoms with Crippen molar-refractivity contribution in [2.24, 2.45) is 7.05 Å². The van der Waals surface area contributed by atoms with Gasteiger partial charge in [-0.1, -0.05) is 6.92 Å². The zero-order valence-electron chi connectivity index (χ0n) is 9.70. The first kappa shape index (κ1) is 12.6. The van der Waals surface area contributed by atoms with Gasteiger partial charge in [0.15, 0.2) is 0 Å². The zero-order valence-corrected chi connectivity index (χ0v) is 10.5. The van der Waals surface area contributed by atoms with Crippen LogP contribution in [-0.2, 0) is 13.5 Å². The van der Waals surface area contributed by atoms with Crippen LogP contribution in [-0.4, -0.2) is 34.4 Å². The van der Waals surface area contributed by atoms with E-state index in [1.807, 2.05) is 29.7 Å². The van der Waals surface area contributed by atoms with Crippen LogP contribution in [0.3, 0.4) is 0 Å². The molecule has 0 aliphatic rings. The van der Waals surface area contributed by atoms with Gasteiger partial charge in [0.05, 0.1) is 5.69 Å². The summed E-state index contributed by atoms with van der Waals surface area (Å²) < 4.78 is 1.85. The standard InChI is InChI=1S/C11H21N3S/c1-3-15-10-4-7-12-8-5-11-6-9-14(2)13-11/h6,9,12H,3-5,7-8,10H2,1-2H3. The quantitative estimate of drug-likeness (QED) is 0.686. The molecule has 0 amide bonds. The van der Waals surface area contributed by atoms with Gasteiger partial charge in [-0.3, -0.25) is 4.68 Å². The molecule has 15 heavy (non-hydrogen) atoms. The highest BCUT2D eigenvalue weighted by Crippen LogP contribution is 1.99. The molecular formula is C11H21N3S. The zero-order chi connectivity index (χ0) is 10.9. The number of nitrogens with one attached hydrogen (secondary N) is 1. The minimum Gasteiger partial charge on any atom is -0.316 e. The van der Waals surface area contributed by atoms with E-state index in [-0.39, 0.29) is 0 Å². The van der Waals surface area contributed by atoms with Crippen molar-refractivity contribution in [1.82, 2.24) is 15.1 Å². The fraction of sp³-hybridized carbons (Fsp3) is 0.727. The average Bonchev–Trinajstić information content (AvgIpc) is 2.63. The highest BCUT2D eigenvalue weighted by atomic mass is 32.2. The van der Waals surface area contributed by atoms with Crippen LogP contribution in [0, 0.1) is 0 Å². The molecule has 0 atom stereocenters. The summed E-state index contributed by atoms with van der Waals surface area (Å²) in [7, 11) is 1.96. The first-order valence-electron chi connectivity index (χ1n) is 5.60. The summed E-state index contributed by atoms with van der Waals surface area (Å²) in [6.45, 7) is 4.37. The molecule has 1 heterocycles. The van der Waals surface area contributed by atoms with Crippen LogP contribution >= 0.6 is 11.8 Å². The molecule has 1 rings (SSSR count). The lowest BCUT2D eigenvalue weighted by atomic mass is 10.3. The van der Waals surface area contributed by atoms with E-state index in [1.54, 1.807) is 0 Å². The van der Waals surface area contributed by atoms with E-state index in [2.05, 4.69) is 23.4 Å². The van der Waals surface area contributed by atoms with Crippen molar-refractivity contribution in [2.45, 2.75) is 19.8 Å². The monoisotopic (exact) mass is 227 g/mol. The molecule has 0 radical (unpaired) electrons. The second-order valence-corrected chi connectivity index (χ2v) is 4.93. The van der Waals surface area contributed by atoms with Crippen LogP contribution in [0.15, 0.2) is 12.3 Å². The summed E-state index contributed by atoms with van der Waals surface area (Å²) in [5.41, 5.74) is 1.17. The second-order valence-electron chi connectivity index (χ2n) is 3.53. The highest BCUT2D eigenvalue weighted by molar-refractivity contribution is 7.99. The SMILES string of the molecule is CCSCCCNCCc1ccn(C)n1. The lowest BCUT2D eigenvalue weighted by molar-refractivity contribution is 0.657. The summed E-state index contributed by atoms with van der Waals surface area (Å²) in [6.07, 6.45) is 4.29. The van der Waals surface area contributed by atoms with Gasteiger partial charge in [-0.2, -0.15) is 16.9 Å². The van der Waals surface area contributed by atoms with Crippen LogP contribution in [0.25, 0.3) is 0 Å². The fourth-order valence-electron chi connectivity index (χ4n) is 1.38. The maximum absolute atomic E-state index is 4.33. The van der Waals surface area contributed by atoms with Gasteiger partial charge >= 0.3 is 0 Å². The van der Waals surface area contributed by atoms with Crippen molar-refractivity contribution >= 4 is 11.8 Å². The molecule has 0 unspecified atom stereocenters. The van der Waals surface area contributed by atoms with Crippen LogP contribution < -0.4 is 5.32 Å². The molecule has 0 aliphatic carbocycles. The van der Waals surface area contributed by atoms with Crippen LogP contribution in [0.1, 0.15) is 19.0 Å². The van der Waals surface area contributed by atoms with E-state index in [9.17, 15) is 0 Å². The summed E-state index contributed by atoms with van der Waals surface area (Å²) in [4.78, 5) is 0. The predicted molar refractivity (Wildman–Crippen MR) is 67.4 cm³/mol. The summed E-state index contributed by atoms with van der Waals surface area (Å²) in [6, 6.07) is 2.08. The van der Waals surface area contributed by atoms with E-state index in [4.69, 9.17) is 0 Å². The van der Waals surface area contributed by atoms with Crippen LogP contribution in [0.4, 0.5) is 0 Å². The van der Waals surface area contributed by atoms with Gasteiger partial charge in [-0.05, 0) is 30.5 Å². The molecule has 86 valence electrons. The molecule has 1 aromatic heterocycles. The van der Waals surface area contributed by atoms with Crippen molar-refractivity contribution in [2.75, 3.05) is 24.6 Å². The minimum atomic E-state index is 1.03. The Morgan fingerprint density at radius 1 is 1.47 bits per heavy atom. The van der Waals surface area contributed by atoms with Gasteiger partial charge in [0.2, 0.25) is 0 Å². The van der Waals surface area contributed by atoms with Gasteiger partial charge in [-0.25, -0.2) is 0 Å². The molecular weight excluding hydrogens is 206 g/mol. The Morgan fingerprint density at radius 2 is 2.33 bits per heavy atom. The number of thioether (sulfide) groups is 1. The summed E-state index contributed by atoms with van der Waals surface area (Å²) >= 11 is 2.01. The molecule has 0 saturated heterocycles. The van der Waals surface area contributed by atoms with Gasteiger partial charge in [0, 0.05) is 26.2 Å². The highest BCUT2D eigenvalue weighted by Gasteiger charge is 1.95. The Balaban J connectivity index is 1.93. The predicted octanol–water partition coefficient (Wildman–Crippen LogP) is 1.70. The minimum absolute atomic E-state index is 1.03. The third-order valence-corrected chi connectivity index (χ3v) is 3.16. The van der Waals surface area contributed by atoms with Crippen molar-refractivity contribution in [3.05, 3.63) is 18.0 Å². The Morgan fingerprint density at radius 3 is 3.00 bits per heavy atom.